The van der Waals surface area contributed by atoms with E-state index in [2.05, 4.69) is 13.8 Å². The van der Waals surface area contributed by atoms with Crippen molar-refractivity contribution in [2.75, 3.05) is 6.54 Å². The number of halogens is 1. The molecule has 0 saturated carbocycles. The zero-order chi connectivity index (χ0) is 19.4. The fourth-order valence-corrected chi connectivity index (χ4v) is 4.08. The van der Waals surface area contributed by atoms with E-state index in [1.54, 1.807) is 4.90 Å². The van der Waals surface area contributed by atoms with Crippen LogP contribution >= 0.6 is 35.6 Å². The lowest BCUT2D eigenvalue weighted by Crippen LogP contribution is -2.31. The van der Waals surface area contributed by atoms with E-state index in [0.717, 1.165) is 16.9 Å². The monoisotopic (exact) mass is 417 g/mol. The molecular weight excluding hydrogens is 398 g/mol. The first-order valence-corrected chi connectivity index (χ1v) is 10.3. The van der Waals surface area contributed by atoms with Gasteiger partial charge in [-0.1, -0.05) is 79.8 Å². The van der Waals surface area contributed by atoms with E-state index in [0.29, 0.717) is 33.3 Å². The van der Waals surface area contributed by atoms with Crippen LogP contribution in [0.2, 0.25) is 5.02 Å². The third kappa shape index (κ3) is 5.12. The Morgan fingerprint density at radius 2 is 1.89 bits per heavy atom. The second kappa shape index (κ2) is 8.91. The van der Waals surface area contributed by atoms with Gasteiger partial charge in [0.15, 0.2) is 0 Å². The Bertz CT molecular complexity index is 878. The molecule has 1 saturated heterocycles. The highest BCUT2D eigenvalue weighted by Crippen LogP contribution is 2.33. The molecule has 6 heteroatoms. The van der Waals surface area contributed by atoms with Gasteiger partial charge in [0.25, 0.3) is 5.91 Å². The topological polar surface area (TPSA) is 29.5 Å². The number of hydrogen-bond acceptors (Lipinski definition) is 4. The largest absolute Gasteiger partial charge is 0.489 e. The maximum atomic E-state index is 12.5. The molecule has 2 aromatic carbocycles. The van der Waals surface area contributed by atoms with Gasteiger partial charge in [0.1, 0.15) is 16.7 Å². The summed E-state index contributed by atoms with van der Waals surface area (Å²) in [4.78, 5) is 14.9. The van der Waals surface area contributed by atoms with Gasteiger partial charge in [-0.05, 0) is 35.8 Å². The summed E-state index contributed by atoms with van der Waals surface area (Å²) in [5.74, 6) is 1.11. The third-order valence-electron chi connectivity index (χ3n) is 3.95. The molecule has 0 aliphatic carbocycles. The van der Waals surface area contributed by atoms with Gasteiger partial charge in [-0.2, -0.15) is 0 Å². The van der Waals surface area contributed by atoms with E-state index in [1.165, 1.54) is 11.8 Å². The van der Waals surface area contributed by atoms with E-state index in [4.69, 9.17) is 28.6 Å². The Labute approximate surface area is 174 Å². The average Bonchev–Trinajstić information content (AvgIpc) is 2.89. The second-order valence-electron chi connectivity index (χ2n) is 6.64. The zero-order valence-electron chi connectivity index (χ0n) is 15.1. The summed E-state index contributed by atoms with van der Waals surface area (Å²) in [5.41, 5.74) is 1.88. The summed E-state index contributed by atoms with van der Waals surface area (Å²) in [5, 5.41) is 0.692. The Morgan fingerprint density at radius 3 is 2.56 bits per heavy atom. The van der Waals surface area contributed by atoms with Crippen LogP contribution in [0, 0.1) is 5.92 Å². The number of thiocarbonyl (C=S) groups is 1. The van der Waals surface area contributed by atoms with Crippen molar-refractivity contribution in [2.24, 2.45) is 5.92 Å². The van der Waals surface area contributed by atoms with Crippen molar-refractivity contribution in [3.63, 3.8) is 0 Å². The number of thioether (sulfide) groups is 1. The SMILES string of the molecule is CC(C)CN1C(=O)/C(=C/c2ccc(OCc3ccccc3Cl)cc2)SC1=S. The number of rotatable bonds is 6. The van der Waals surface area contributed by atoms with Gasteiger partial charge in [-0.15, -0.1) is 0 Å². The molecule has 140 valence electrons. The zero-order valence-corrected chi connectivity index (χ0v) is 17.5. The molecule has 1 aliphatic rings. The van der Waals surface area contributed by atoms with Gasteiger partial charge in [0, 0.05) is 17.1 Å². The van der Waals surface area contributed by atoms with Crippen molar-refractivity contribution in [3.05, 3.63) is 69.6 Å². The Hall–Kier alpha value is -1.82. The van der Waals surface area contributed by atoms with Crippen molar-refractivity contribution in [3.8, 4) is 5.75 Å². The Kier molecular flexibility index (Phi) is 6.58. The quantitative estimate of drug-likeness (QED) is 0.440. The molecule has 0 unspecified atom stereocenters. The molecular formula is C21H20ClNO2S2. The number of ether oxygens (including phenoxy) is 1. The average molecular weight is 418 g/mol. The molecule has 3 nitrogen and oxygen atoms in total. The number of nitrogens with zero attached hydrogens (tertiary/aromatic N) is 1. The van der Waals surface area contributed by atoms with Crippen LogP contribution in [0.25, 0.3) is 6.08 Å². The maximum Gasteiger partial charge on any atom is 0.266 e. The highest BCUT2D eigenvalue weighted by atomic mass is 35.5. The lowest BCUT2D eigenvalue weighted by Gasteiger charge is -2.16. The first-order valence-electron chi connectivity index (χ1n) is 8.65. The fraction of sp³-hybridized carbons (Fsp3) is 0.238. The summed E-state index contributed by atoms with van der Waals surface area (Å²) < 4.78 is 6.42. The number of carbonyl (C=O) groups is 1. The predicted molar refractivity (Wildman–Crippen MR) is 117 cm³/mol. The third-order valence-corrected chi connectivity index (χ3v) is 5.70. The molecule has 1 fully saturated rings. The van der Waals surface area contributed by atoms with Gasteiger partial charge >= 0.3 is 0 Å². The first-order chi connectivity index (χ1) is 12.9. The van der Waals surface area contributed by atoms with Crippen LogP contribution < -0.4 is 4.74 Å². The van der Waals surface area contributed by atoms with E-state index in [9.17, 15) is 4.79 Å². The van der Waals surface area contributed by atoms with E-state index >= 15 is 0 Å². The van der Waals surface area contributed by atoms with Crippen molar-refractivity contribution < 1.29 is 9.53 Å². The molecule has 3 rings (SSSR count). The lowest BCUT2D eigenvalue weighted by molar-refractivity contribution is -0.122. The highest BCUT2D eigenvalue weighted by Gasteiger charge is 2.32. The molecule has 0 aromatic heterocycles. The van der Waals surface area contributed by atoms with Crippen molar-refractivity contribution in [1.29, 1.82) is 0 Å². The molecule has 1 aliphatic heterocycles. The van der Waals surface area contributed by atoms with E-state index in [1.807, 2.05) is 54.6 Å². The van der Waals surface area contributed by atoms with Crippen LogP contribution in [0.15, 0.2) is 53.4 Å². The predicted octanol–water partition coefficient (Wildman–Crippen LogP) is 5.78. The normalized spacial score (nSPS) is 15.9. The summed E-state index contributed by atoms with van der Waals surface area (Å²) in [6, 6.07) is 15.2. The van der Waals surface area contributed by atoms with Gasteiger partial charge in [-0.25, -0.2) is 0 Å². The van der Waals surface area contributed by atoms with Crippen LogP contribution in [0.1, 0.15) is 25.0 Å². The molecule has 0 spiro atoms. The van der Waals surface area contributed by atoms with Gasteiger partial charge < -0.3 is 4.74 Å². The Balaban J connectivity index is 1.65. The van der Waals surface area contributed by atoms with Crippen molar-refractivity contribution in [1.82, 2.24) is 4.90 Å². The number of benzene rings is 2. The molecule has 0 N–H and O–H groups in total. The highest BCUT2D eigenvalue weighted by molar-refractivity contribution is 8.26. The summed E-state index contributed by atoms with van der Waals surface area (Å²) >= 11 is 12.8. The van der Waals surface area contributed by atoms with E-state index in [-0.39, 0.29) is 5.91 Å². The van der Waals surface area contributed by atoms with E-state index < -0.39 is 0 Å². The van der Waals surface area contributed by atoms with Gasteiger partial charge in [0.05, 0.1) is 4.91 Å². The number of hydrogen-bond donors (Lipinski definition) is 0. The van der Waals surface area contributed by atoms with Gasteiger partial charge in [0.2, 0.25) is 0 Å². The summed E-state index contributed by atoms with van der Waals surface area (Å²) in [7, 11) is 0. The summed E-state index contributed by atoms with van der Waals surface area (Å²) in [6.45, 7) is 5.21. The number of amides is 1. The molecule has 1 heterocycles. The van der Waals surface area contributed by atoms with Crippen LogP contribution in [0.3, 0.4) is 0 Å². The van der Waals surface area contributed by atoms with Crippen molar-refractivity contribution in [2.45, 2.75) is 20.5 Å². The molecule has 0 atom stereocenters. The molecule has 0 radical (unpaired) electrons. The van der Waals surface area contributed by atoms with Crippen LogP contribution in [-0.2, 0) is 11.4 Å². The Morgan fingerprint density at radius 1 is 1.19 bits per heavy atom. The van der Waals surface area contributed by atoms with Gasteiger partial charge in [-0.3, -0.25) is 9.69 Å². The number of carbonyl (C=O) groups excluding carboxylic acids is 1. The molecule has 2 aromatic rings. The van der Waals surface area contributed by atoms with Crippen LogP contribution in [0.4, 0.5) is 0 Å². The minimum atomic E-state index is -0.0160. The lowest BCUT2D eigenvalue weighted by atomic mass is 10.2. The van der Waals surface area contributed by atoms with Crippen molar-refractivity contribution >= 4 is 51.9 Å². The standard InChI is InChI=1S/C21H20ClNO2S2/c1-14(2)12-23-20(24)19(27-21(23)26)11-15-7-9-17(10-8-15)25-13-16-5-3-4-6-18(16)22/h3-11,14H,12-13H2,1-2H3/b19-11-. The smallest absolute Gasteiger partial charge is 0.266 e. The minimum Gasteiger partial charge on any atom is -0.489 e. The fourth-order valence-electron chi connectivity index (χ4n) is 2.61. The first kappa shape index (κ1) is 19.9. The van der Waals surface area contributed by atoms with Crippen LogP contribution in [0.5, 0.6) is 5.75 Å². The molecule has 0 bridgehead atoms. The maximum absolute atomic E-state index is 12.5. The second-order valence-corrected chi connectivity index (χ2v) is 8.72. The van der Waals surface area contributed by atoms with Crippen LogP contribution in [-0.4, -0.2) is 21.7 Å². The molecule has 27 heavy (non-hydrogen) atoms. The minimum absolute atomic E-state index is 0.0160. The molecule has 1 amide bonds. The summed E-state index contributed by atoms with van der Waals surface area (Å²) in [6.07, 6.45) is 1.87.